The Morgan fingerprint density at radius 2 is 2.30 bits per heavy atom. The molecule has 3 nitrogen and oxygen atoms in total. The largest absolute Gasteiger partial charge is 0.352 e. The van der Waals surface area contributed by atoms with Crippen LogP contribution in [0.25, 0.3) is 0 Å². The highest BCUT2D eigenvalue weighted by Gasteiger charge is 2.17. The average Bonchev–Trinajstić information content (AvgIpc) is 2.45. The van der Waals surface area contributed by atoms with Gasteiger partial charge in [0, 0.05) is 28.3 Å². The molecule has 1 N–H and O–H groups in total. The van der Waals surface area contributed by atoms with E-state index >= 15 is 0 Å². The van der Waals surface area contributed by atoms with Crippen molar-refractivity contribution in [1.82, 2.24) is 10.2 Å². The lowest BCUT2D eigenvalue weighted by atomic mass is 10.0. The van der Waals surface area contributed by atoms with Crippen LogP contribution in [-0.2, 0) is 0 Å². The second kappa shape index (κ2) is 7.98. The lowest BCUT2D eigenvalue weighted by Crippen LogP contribution is -2.39. The van der Waals surface area contributed by atoms with Crippen LogP contribution >= 0.6 is 22.6 Å². The molecule has 1 amide bonds. The highest BCUT2D eigenvalue weighted by Crippen LogP contribution is 2.16. The van der Waals surface area contributed by atoms with Gasteiger partial charge in [-0.15, -0.1) is 0 Å². The first-order chi connectivity index (χ1) is 9.66. The van der Waals surface area contributed by atoms with E-state index in [1.807, 2.05) is 24.3 Å². The molecule has 1 aromatic carbocycles. The van der Waals surface area contributed by atoms with Gasteiger partial charge in [0.25, 0.3) is 5.91 Å². The number of carbonyl (C=O) groups is 1. The first kappa shape index (κ1) is 15.8. The standard InChI is InChI=1S/C16H23IN2O/c1-13-6-2-3-10-19(13)11-5-9-18-16(20)14-7-4-8-15(17)12-14/h4,7-8,12-13H,2-3,5-6,9-11H2,1H3,(H,18,20). The molecule has 20 heavy (non-hydrogen) atoms. The number of halogens is 1. The number of benzene rings is 1. The molecule has 1 unspecified atom stereocenters. The van der Waals surface area contributed by atoms with Crippen molar-refractivity contribution in [2.45, 2.75) is 38.6 Å². The third-order valence-electron chi connectivity index (χ3n) is 3.94. The van der Waals surface area contributed by atoms with Crippen molar-refractivity contribution in [1.29, 1.82) is 0 Å². The van der Waals surface area contributed by atoms with Gasteiger partial charge in [-0.1, -0.05) is 12.5 Å². The van der Waals surface area contributed by atoms with E-state index in [9.17, 15) is 4.79 Å². The van der Waals surface area contributed by atoms with Gasteiger partial charge < -0.3 is 10.2 Å². The Balaban J connectivity index is 1.69. The Morgan fingerprint density at radius 1 is 1.45 bits per heavy atom. The molecule has 110 valence electrons. The van der Waals surface area contributed by atoms with Crippen molar-refractivity contribution in [3.63, 3.8) is 0 Å². The molecule has 0 aromatic heterocycles. The van der Waals surface area contributed by atoms with Gasteiger partial charge in [-0.3, -0.25) is 4.79 Å². The van der Waals surface area contributed by atoms with E-state index in [4.69, 9.17) is 0 Å². The first-order valence-corrected chi connectivity index (χ1v) is 8.52. The summed E-state index contributed by atoms with van der Waals surface area (Å²) in [6.45, 7) is 5.37. The summed E-state index contributed by atoms with van der Waals surface area (Å²) in [6, 6.07) is 8.41. The number of hydrogen-bond donors (Lipinski definition) is 1. The summed E-state index contributed by atoms with van der Waals surface area (Å²) in [4.78, 5) is 14.5. The normalized spacial score (nSPS) is 19.8. The smallest absolute Gasteiger partial charge is 0.251 e. The van der Waals surface area contributed by atoms with Crippen molar-refractivity contribution < 1.29 is 4.79 Å². The molecule has 1 fully saturated rings. The molecule has 0 radical (unpaired) electrons. The fourth-order valence-electron chi connectivity index (χ4n) is 2.71. The van der Waals surface area contributed by atoms with Crippen LogP contribution in [-0.4, -0.2) is 36.5 Å². The highest BCUT2D eigenvalue weighted by atomic mass is 127. The Kier molecular flexibility index (Phi) is 6.29. The molecule has 1 atom stereocenters. The van der Waals surface area contributed by atoms with Gasteiger partial charge in [-0.25, -0.2) is 0 Å². The average molecular weight is 386 g/mol. The molecular formula is C16H23IN2O. The fourth-order valence-corrected chi connectivity index (χ4v) is 3.25. The first-order valence-electron chi connectivity index (χ1n) is 7.44. The maximum Gasteiger partial charge on any atom is 0.251 e. The molecule has 0 bridgehead atoms. The van der Waals surface area contributed by atoms with Crippen LogP contribution < -0.4 is 5.32 Å². The van der Waals surface area contributed by atoms with Crippen molar-refractivity contribution in [3.8, 4) is 0 Å². The maximum absolute atomic E-state index is 12.0. The number of rotatable bonds is 5. The summed E-state index contributed by atoms with van der Waals surface area (Å²) >= 11 is 2.23. The van der Waals surface area contributed by atoms with Crippen LogP contribution in [0.5, 0.6) is 0 Å². The number of hydrogen-bond acceptors (Lipinski definition) is 2. The lowest BCUT2D eigenvalue weighted by Gasteiger charge is -2.33. The SMILES string of the molecule is CC1CCCCN1CCCNC(=O)c1cccc(I)c1. The molecule has 1 aromatic rings. The molecule has 4 heteroatoms. The second-order valence-electron chi connectivity index (χ2n) is 5.50. The van der Waals surface area contributed by atoms with Gasteiger partial charge in [-0.2, -0.15) is 0 Å². The summed E-state index contributed by atoms with van der Waals surface area (Å²) < 4.78 is 1.09. The van der Waals surface area contributed by atoms with Gasteiger partial charge in [0.05, 0.1) is 0 Å². The van der Waals surface area contributed by atoms with Crippen molar-refractivity contribution in [2.24, 2.45) is 0 Å². The Labute approximate surface area is 135 Å². The van der Waals surface area contributed by atoms with E-state index in [1.165, 1.54) is 25.8 Å². The lowest BCUT2D eigenvalue weighted by molar-refractivity contribution is 0.0949. The van der Waals surface area contributed by atoms with E-state index in [1.54, 1.807) is 0 Å². The zero-order valence-electron chi connectivity index (χ0n) is 12.1. The van der Waals surface area contributed by atoms with E-state index < -0.39 is 0 Å². The summed E-state index contributed by atoms with van der Waals surface area (Å²) in [5, 5.41) is 3.01. The van der Waals surface area contributed by atoms with Gasteiger partial charge >= 0.3 is 0 Å². The van der Waals surface area contributed by atoms with Crippen LogP contribution in [0.3, 0.4) is 0 Å². The Morgan fingerprint density at radius 3 is 3.05 bits per heavy atom. The van der Waals surface area contributed by atoms with Crippen LogP contribution in [0.15, 0.2) is 24.3 Å². The van der Waals surface area contributed by atoms with Gasteiger partial charge in [0.1, 0.15) is 0 Å². The number of likely N-dealkylation sites (tertiary alicyclic amines) is 1. The fraction of sp³-hybridized carbons (Fsp3) is 0.562. The second-order valence-corrected chi connectivity index (χ2v) is 6.75. The third kappa shape index (κ3) is 4.74. The molecule has 1 aliphatic heterocycles. The molecule has 0 saturated carbocycles. The number of carbonyl (C=O) groups excluding carboxylic acids is 1. The minimum Gasteiger partial charge on any atom is -0.352 e. The summed E-state index contributed by atoms with van der Waals surface area (Å²) in [6.07, 6.45) is 5.02. The third-order valence-corrected chi connectivity index (χ3v) is 4.61. The predicted molar refractivity (Wildman–Crippen MR) is 91.0 cm³/mol. The minimum absolute atomic E-state index is 0.0372. The van der Waals surface area contributed by atoms with E-state index in [0.717, 1.165) is 28.6 Å². The van der Waals surface area contributed by atoms with Crippen molar-refractivity contribution in [2.75, 3.05) is 19.6 Å². The molecule has 1 heterocycles. The zero-order chi connectivity index (χ0) is 14.4. The van der Waals surface area contributed by atoms with Crippen LogP contribution in [0, 0.1) is 3.57 Å². The van der Waals surface area contributed by atoms with Crippen molar-refractivity contribution in [3.05, 3.63) is 33.4 Å². The predicted octanol–water partition coefficient (Wildman–Crippen LogP) is 3.29. The van der Waals surface area contributed by atoms with E-state index in [-0.39, 0.29) is 5.91 Å². The molecule has 0 aliphatic carbocycles. The Hall–Kier alpha value is -0.620. The van der Waals surface area contributed by atoms with E-state index in [0.29, 0.717) is 6.04 Å². The van der Waals surface area contributed by atoms with Crippen LogP contribution in [0.2, 0.25) is 0 Å². The van der Waals surface area contributed by atoms with Gasteiger partial charge in [0.15, 0.2) is 0 Å². The molecule has 1 saturated heterocycles. The summed E-state index contributed by atoms with van der Waals surface area (Å²) in [7, 11) is 0. The van der Waals surface area contributed by atoms with Gasteiger partial charge in [-0.05, 0) is 73.5 Å². The van der Waals surface area contributed by atoms with Gasteiger partial charge in [0.2, 0.25) is 0 Å². The monoisotopic (exact) mass is 386 g/mol. The molecule has 2 rings (SSSR count). The zero-order valence-corrected chi connectivity index (χ0v) is 14.2. The molecular weight excluding hydrogens is 363 g/mol. The summed E-state index contributed by atoms with van der Waals surface area (Å²) in [5.74, 6) is 0.0372. The Bertz CT molecular complexity index is 450. The van der Waals surface area contributed by atoms with Crippen LogP contribution in [0.4, 0.5) is 0 Å². The topological polar surface area (TPSA) is 32.3 Å². The van der Waals surface area contributed by atoms with Crippen molar-refractivity contribution >= 4 is 28.5 Å². The van der Waals surface area contributed by atoms with Crippen LogP contribution in [0.1, 0.15) is 43.0 Å². The highest BCUT2D eigenvalue weighted by molar-refractivity contribution is 14.1. The number of piperidine rings is 1. The number of nitrogens with one attached hydrogen (secondary N) is 1. The number of nitrogens with zero attached hydrogens (tertiary/aromatic N) is 1. The summed E-state index contributed by atoms with van der Waals surface area (Å²) in [5.41, 5.74) is 0.753. The maximum atomic E-state index is 12.0. The minimum atomic E-state index is 0.0372. The number of amides is 1. The molecule has 0 spiro atoms. The molecule has 1 aliphatic rings. The quantitative estimate of drug-likeness (QED) is 0.622. The van der Waals surface area contributed by atoms with E-state index in [2.05, 4.69) is 39.7 Å².